The Labute approximate surface area is 116 Å². The number of halogens is 2. The number of hydrogen-bond acceptors (Lipinski definition) is 3. The fourth-order valence-corrected chi connectivity index (χ4v) is 2.68. The molecule has 1 aromatic carbocycles. The highest BCUT2D eigenvalue weighted by Gasteiger charge is 2.54. The Morgan fingerprint density at radius 2 is 2.15 bits per heavy atom. The maximum Gasteiger partial charge on any atom is 0.158 e. The topological polar surface area (TPSA) is 31.0 Å². The second-order valence-electron chi connectivity index (χ2n) is 5.38. The van der Waals surface area contributed by atoms with Crippen molar-refractivity contribution in [1.82, 2.24) is 0 Å². The van der Waals surface area contributed by atoms with Gasteiger partial charge in [0.15, 0.2) is 6.29 Å². The van der Waals surface area contributed by atoms with E-state index in [0.29, 0.717) is 18.8 Å². The van der Waals surface area contributed by atoms with Gasteiger partial charge in [0, 0.05) is 18.2 Å². The van der Waals surface area contributed by atoms with Crippen molar-refractivity contribution in [3.8, 4) is 0 Å². The molecule has 2 heterocycles. The fourth-order valence-electron chi connectivity index (χ4n) is 2.68. The Balaban J connectivity index is 1.74. The molecule has 1 aromatic rings. The molecule has 0 aromatic heterocycles. The summed E-state index contributed by atoms with van der Waals surface area (Å²) in [6.07, 6.45) is 2.35. The van der Waals surface area contributed by atoms with Crippen LogP contribution >= 0.6 is 0 Å². The molecule has 2 aliphatic rings. The van der Waals surface area contributed by atoms with Crippen molar-refractivity contribution >= 4 is 0 Å². The maximum atomic E-state index is 13.9. The Morgan fingerprint density at radius 1 is 1.35 bits per heavy atom. The largest absolute Gasteiger partial charge is 0.362 e. The van der Waals surface area contributed by atoms with Crippen molar-refractivity contribution in [3.63, 3.8) is 0 Å². The van der Waals surface area contributed by atoms with Crippen LogP contribution in [0, 0.1) is 11.6 Å². The molecule has 0 N–H and O–H groups in total. The van der Waals surface area contributed by atoms with Gasteiger partial charge in [-0.2, -0.15) is 0 Å². The van der Waals surface area contributed by atoms with Crippen LogP contribution in [0.25, 0.3) is 0 Å². The third-order valence-electron chi connectivity index (χ3n) is 3.99. The fraction of sp³-hybridized carbons (Fsp3) is 0.600. The zero-order chi connectivity index (χ0) is 14.2. The number of ether oxygens (including phenoxy) is 3. The van der Waals surface area contributed by atoms with Crippen molar-refractivity contribution in [2.45, 2.75) is 44.2 Å². The number of epoxide rings is 1. The molecule has 2 fully saturated rings. The normalized spacial score (nSPS) is 31.1. The van der Waals surface area contributed by atoms with Gasteiger partial charge < -0.3 is 14.2 Å². The van der Waals surface area contributed by atoms with Gasteiger partial charge in [-0.3, -0.25) is 0 Å². The van der Waals surface area contributed by atoms with Crippen LogP contribution in [0.1, 0.15) is 31.7 Å². The average molecular weight is 284 g/mol. The van der Waals surface area contributed by atoms with Crippen molar-refractivity contribution in [1.29, 1.82) is 0 Å². The molecule has 0 spiro atoms. The molecular weight excluding hydrogens is 266 g/mol. The molecule has 0 aliphatic carbocycles. The number of benzene rings is 1. The smallest absolute Gasteiger partial charge is 0.158 e. The van der Waals surface area contributed by atoms with Gasteiger partial charge in [-0.05, 0) is 32.3 Å². The molecule has 20 heavy (non-hydrogen) atoms. The first kappa shape index (κ1) is 13.9. The van der Waals surface area contributed by atoms with E-state index < -0.39 is 17.2 Å². The minimum Gasteiger partial charge on any atom is -0.362 e. The van der Waals surface area contributed by atoms with Crippen LogP contribution in [0.2, 0.25) is 0 Å². The van der Waals surface area contributed by atoms with Gasteiger partial charge >= 0.3 is 0 Å². The zero-order valence-corrected chi connectivity index (χ0v) is 11.4. The molecule has 3 rings (SSSR count). The average Bonchev–Trinajstić information content (AvgIpc) is 3.21. The van der Waals surface area contributed by atoms with Crippen molar-refractivity contribution in [3.05, 3.63) is 35.4 Å². The lowest BCUT2D eigenvalue weighted by molar-refractivity contribution is -0.197. The van der Waals surface area contributed by atoms with Crippen LogP contribution in [-0.2, 0) is 19.8 Å². The van der Waals surface area contributed by atoms with Crippen LogP contribution in [0.4, 0.5) is 8.78 Å². The van der Waals surface area contributed by atoms with E-state index in [2.05, 4.69) is 0 Å². The molecule has 1 unspecified atom stereocenters. The van der Waals surface area contributed by atoms with Gasteiger partial charge in [-0.25, -0.2) is 8.78 Å². The Hall–Kier alpha value is -1.04. The Kier molecular flexibility index (Phi) is 3.75. The molecule has 2 aliphatic heterocycles. The zero-order valence-electron chi connectivity index (χ0n) is 11.4. The maximum absolute atomic E-state index is 13.9. The van der Waals surface area contributed by atoms with Crippen molar-refractivity contribution in [2.75, 3.05) is 13.2 Å². The van der Waals surface area contributed by atoms with Gasteiger partial charge in [0.05, 0.1) is 12.7 Å². The SMILES string of the molecule is C[C@@H](OC1CCCCO1)[C@@]1(c2ccc(F)cc2F)CO1. The van der Waals surface area contributed by atoms with Gasteiger partial charge in [-0.15, -0.1) is 0 Å². The number of rotatable bonds is 4. The molecule has 5 heteroatoms. The molecule has 3 nitrogen and oxygen atoms in total. The van der Waals surface area contributed by atoms with Gasteiger partial charge in [0.1, 0.15) is 17.2 Å². The standard InChI is InChI=1S/C15H18F2O3/c1-10(20-14-4-2-3-7-18-14)15(9-19-15)12-6-5-11(16)8-13(12)17/h5-6,8,10,14H,2-4,7,9H2,1H3/t10-,14?,15-/m1/s1. The monoisotopic (exact) mass is 284 g/mol. The molecular formula is C15H18F2O3. The summed E-state index contributed by atoms with van der Waals surface area (Å²) in [6, 6.07) is 3.55. The molecule has 3 atom stereocenters. The van der Waals surface area contributed by atoms with Crippen LogP contribution in [0.15, 0.2) is 18.2 Å². The minimum atomic E-state index is -0.807. The third kappa shape index (κ3) is 2.57. The highest BCUT2D eigenvalue weighted by molar-refractivity contribution is 5.30. The van der Waals surface area contributed by atoms with Crippen LogP contribution < -0.4 is 0 Å². The summed E-state index contributed by atoms with van der Waals surface area (Å²) < 4.78 is 43.8. The van der Waals surface area contributed by atoms with E-state index in [1.807, 2.05) is 6.92 Å². The van der Waals surface area contributed by atoms with Gasteiger partial charge in [0.2, 0.25) is 0 Å². The van der Waals surface area contributed by atoms with E-state index in [1.165, 1.54) is 12.1 Å². The summed E-state index contributed by atoms with van der Waals surface area (Å²) in [7, 11) is 0. The summed E-state index contributed by atoms with van der Waals surface area (Å²) in [5, 5.41) is 0. The summed E-state index contributed by atoms with van der Waals surface area (Å²) >= 11 is 0. The minimum absolute atomic E-state index is 0.261. The van der Waals surface area contributed by atoms with Gasteiger partial charge in [-0.1, -0.05) is 6.07 Å². The van der Waals surface area contributed by atoms with E-state index in [-0.39, 0.29) is 12.4 Å². The first-order chi connectivity index (χ1) is 9.62. The Morgan fingerprint density at radius 3 is 2.75 bits per heavy atom. The van der Waals surface area contributed by atoms with Crippen LogP contribution in [0.3, 0.4) is 0 Å². The second kappa shape index (κ2) is 5.39. The van der Waals surface area contributed by atoms with E-state index in [9.17, 15) is 8.78 Å². The quantitative estimate of drug-likeness (QED) is 0.796. The van der Waals surface area contributed by atoms with Crippen molar-refractivity contribution in [2.24, 2.45) is 0 Å². The molecule has 0 amide bonds. The van der Waals surface area contributed by atoms with Gasteiger partial charge in [0.25, 0.3) is 0 Å². The van der Waals surface area contributed by atoms with E-state index in [4.69, 9.17) is 14.2 Å². The lowest BCUT2D eigenvalue weighted by Gasteiger charge is -2.29. The second-order valence-corrected chi connectivity index (χ2v) is 5.38. The highest BCUT2D eigenvalue weighted by atomic mass is 19.1. The molecule has 110 valence electrons. The molecule has 2 saturated heterocycles. The number of hydrogen-bond donors (Lipinski definition) is 0. The van der Waals surface area contributed by atoms with E-state index >= 15 is 0 Å². The summed E-state index contributed by atoms with van der Waals surface area (Å²) in [5.74, 6) is -1.19. The molecule has 0 radical (unpaired) electrons. The summed E-state index contributed by atoms with van der Waals surface area (Å²) in [4.78, 5) is 0. The van der Waals surface area contributed by atoms with Crippen LogP contribution in [-0.4, -0.2) is 25.6 Å². The lowest BCUT2D eigenvalue weighted by Crippen LogP contribution is -2.35. The highest BCUT2D eigenvalue weighted by Crippen LogP contribution is 2.45. The van der Waals surface area contributed by atoms with E-state index in [1.54, 1.807) is 0 Å². The lowest BCUT2D eigenvalue weighted by atomic mass is 9.94. The summed E-state index contributed by atoms with van der Waals surface area (Å²) in [5.41, 5.74) is -0.458. The van der Waals surface area contributed by atoms with E-state index in [0.717, 1.165) is 25.3 Å². The van der Waals surface area contributed by atoms with Crippen molar-refractivity contribution < 1.29 is 23.0 Å². The Bertz CT molecular complexity index is 482. The first-order valence-electron chi connectivity index (χ1n) is 6.98. The first-order valence-corrected chi connectivity index (χ1v) is 6.98. The predicted molar refractivity (Wildman–Crippen MR) is 68.1 cm³/mol. The molecule has 0 bridgehead atoms. The third-order valence-corrected chi connectivity index (χ3v) is 3.99. The molecule has 0 saturated carbocycles. The van der Waals surface area contributed by atoms with Crippen LogP contribution in [0.5, 0.6) is 0 Å². The predicted octanol–water partition coefficient (Wildman–Crippen LogP) is 3.12. The summed E-state index contributed by atoms with van der Waals surface area (Å²) in [6.45, 7) is 2.91.